The number of hydrogen-bond acceptors (Lipinski definition) is 0. The SMILES string of the molecule is F[C](F)C(F)(F)C#CC(F)(F)F. The van der Waals surface area contributed by atoms with Crippen LogP contribution in [0.3, 0.4) is 0 Å². The number of alkyl halides is 5. The van der Waals surface area contributed by atoms with Gasteiger partial charge in [0.05, 0.1) is 0 Å². The van der Waals surface area contributed by atoms with Gasteiger partial charge in [-0.05, 0) is 5.92 Å². The standard InChI is InChI=1S/C5F7/c6-3(7)4(8,9)1-2-5(10,11)12. The molecule has 0 saturated heterocycles. The van der Waals surface area contributed by atoms with Crippen molar-refractivity contribution in [3.63, 3.8) is 0 Å². The van der Waals surface area contributed by atoms with Crippen molar-refractivity contribution in [2.24, 2.45) is 0 Å². The maximum atomic E-state index is 11.6. The van der Waals surface area contributed by atoms with Crippen LogP contribution in [-0.2, 0) is 0 Å². The van der Waals surface area contributed by atoms with Crippen molar-refractivity contribution >= 4 is 0 Å². The van der Waals surface area contributed by atoms with Crippen LogP contribution in [0.2, 0.25) is 0 Å². The van der Waals surface area contributed by atoms with E-state index in [0.29, 0.717) is 0 Å². The van der Waals surface area contributed by atoms with E-state index in [0.717, 1.165) is 0 Å². The first kappa shape index (κ1) is 11.1. The van der Waals surface area contributed by atoms with Gasteiger partial charge in [0.1, 0.15) is 0 Å². The average Bonchev–Trinajstić information content (AvgIpc) is 1.82. The summed E-state index contributed by atoms with van der Waals surface area (Å²) in [6.07, 6.45) is -8.65. The summed E-state index contributed by atoms with van der Waals surface area (Å²) >= 11 is 0. The van der Waals surface area contributed by atoms with E-state index in [9.17, 15) is 30.7 Å². The maximum Gasteiger partial charge on any atom is 0.457 e. The van der Waals surface area contributed by atoms with Crippen LogP contribution in [0.25, 0.3) is 0 Å². The highest BCUT2D eigenvalue weighted by Gasteiger charge is 2.42. The second-order valence-electron chi connectivity index (χ2n) is 1.58. The van der Waals surface area contributed by atoms with Crippen molar-refractivity contribution in [1.29, 1.82) is 0 Å². The molecule has 0 bridgehead atoms. The fraction of sp³-hybridized carbons (Fsp3) is 0.400. The third-order valence-electron chi connectivity index (χ3n) is 0.599. The van der Waals surface area contributed by atoms with Gasteiger partial charge < -0.3 is 0 Å². The maximum absolute atomic E-state index is 11.6. The Morgan fingerprint density at radius 3 is 1.50 bits per heavy atom. The van der Waals surface area contributed by atoms with Crippen LogP contribution in [0, 0.1) is 18.3 Å². The van der Waals surface area contributed by atoms with E-state index in [2.05, 4.69) is 0 Å². The van der Waals surface area contributed by atoms with Crippen molar-refractivity contribution in [2.45, 2.75) is 12.1 Å². The number of halogens is 7. The Labute approximate surface area is 62.4 Å². The molecule has 0 spiro atoms. The van der Waals surface area contributed by atoms with Crippen molar-refractivity contribution in [3.05, 3.63) is 6.43 Å². The lowest BCUT2D eigenvalue weighted by Gasteiger charge is -2.04. The zero-order chi connectivity index (χ0) is 9.99. The Morgan fingerprint density at radius 2 is 1.25 bits per heavy atom. The molecular formula is C5F7. The van der Waals surface area contributed by atoms with Crippen molar-refractivity contribution in [1.82, 2.24) is 0 Å². The molecule has 0 atom stereocenters. The van der Waals surface area contributed by atoms with Crippen molar-refractivity contribution < 1.29 is 30.7 Å². The van der Waals surface area contributed by atoms with E-state index in [-0.39, 0.29) is 11.8 Å². The van der Waals surface area contributed by atoms with Crippen molar-refractivity contribution in [2.75, 3.05) is 0 Å². The molecule has 0 aliphatic carbocycles. The summed E-state index contributed by atoms with van der Waals surface area (Å²) in [6, 6.07) is 0. The Balaban J connectivity index is 4.50. The van der Waals surface area contributed by atoms with Crippen LogP contribution in [0.15, 0.2) is 0 Å². The summed E-state index contributed by atoms with van der Waals surface area (Å²) in [4.78, 5) is 0. The van der Waals surface area contributed by atoms with Crippen LogP contribution in [0.5, 0.6) is 0 Å². The van der Waals surface area contributed by atoms with Gasteiger partial charge in [0.25, 0.3) is 0 Å². The summed E-state index contributed by atoms with van der Waals surface area (Å²) in [5, 5.41) is 0. The first-order valence-corrected chi connectivity index (χ1v) is 2.32. The molecule has 0 heterocycles. The number of hydrogen-bond donors (Lipinski definition) is 0. The molecule has 0 amide bonds. The zero-order valence-electron chi connectivity index (χ0n) is 5.15. The van der Waals surface area contributed by atoms with Gasteiger partial charge in [-0.2, -0.15) is 30.7 Å². The molecule has 0 nitrogen and oxygen atoms in total. The summed E-state index contributed by atoms with van der Waals surface area (Å²) < 4.78 is 78.7. The highest BCUT2D eigenvalue weighted by molar-refractivity contribution is 5.17. The Kier molecular flexibility index (Phi) is 2.96. The molecule has 7 heteroatoms. The summed E-state index contributed by atoms with van der Waals surface area (Å²) in [5.41, 5.74) is 0. The minimum absolute atomic E-state index is 0.0426. The van der Waals surface area contributed by atoms with E-state index < -0.39 is 18.5 Å². The smallest absolute Gasteiger partial charge is 0.191 e. The molecule has 0 rings (SSSR count). The predicted molar refractivity (Wildman–Crippen MR) is 24.2 cm³/mol. The third-order valence-corrected chi connectivity index (χ3v) is 0.599. The predicted octanol–water partition coefficient (Wildman–Crippen LogP) is 2.62. The molecule has 0 N–H and O–H groups in total. The van der Waals surface area contributed by atoms with Crippen LogP contribution >= 0.6 is 0 Å². The van der Waals surface area contributed by atoms with Gasteiger partial charge in [-0.3, -0.25) is 0 Å². The highest BCUT2D eigenvalue weighted by Crippen LogP contribution is 2.28. The third kappa shape index (κ3) is 4.05. The molecule has 0 aliphatic rings. The molecule has 0 fully saturated rings. The molecule has 1 radical (unpaired) electrons. The first-order chi connectivity index (χ1) is 5.15. The van der Waals surface area contributed by atoms with Gasteiger partial charge in [-0.15, -0.1) is 0 Å². The first-order valence-electron chi connectivity index (χ1n) is 2.32. The van der Waals surface area contributed by atoms with Gasteiger partial charge in [0, 0.05) is 5.92 Å². The zero-order valence-corrected chi connectivity index (χ0v) is 5.15. The van der Waals surface area contributed by atoms with E-state index >= 15 is 0 Å². The molecule has 0 aliphatic heterocycles. The average molecular weight is 193 g/mol. The Hall–Kier alpha value is -0.930. The Morgan fingerprint density at radius 1 is 0.833 bits per heavy atom. The number of rotatable bonds is 1. The second kappa shape index (κ2) is 3.21. The molecular weight excluding hydrogens is 193 g/mol. The topological polar surface area (TPSA) is 0 Å². The van der Waals surface area contributed by atoms with Gasteiger partial charge in [0.2, 0.25) is 0 Å². The van der Waals surface area contributed by atoms with E-state index in [1.54, 1.807) is 0 Å². The summed E-state index contributed by atoms with van der Waals surface area (Å²) in [5.74, 6) is -4.84. The van der Waals surface area contributed by atoms with Gasteiger partial charge in [-0.25, -0.2) is 0 Å². The van der Waals surface area contributed by atoms with E-state index in [4.69, 9.17) is 0 Å². The second-order valence-corrected chi connectivity index (χ2v) is 1.58. The molecule has 12 heavy (non-hydrogen) atoms. The minimum Gasteiger partial charge on any atom is -0.191 e. The fourth-order valence-corrected chi connectivity index (χ4v) is 0.197. The van der Waals surface area contributed by atoms with E-state index in [1.807, 2.05) is 0 Å². The highest BCUT2D eigenvalue weighted by atomic mass is 19.4. The Bertz CT molecular complexity index is 202. The van der Waals surface area contributed by atoms with Gasteiger partial charge >= 0.3 is 18.5 Å². The molecule has 0 aromatic rings. The lowest BCUT2D eigenvalue weighted by atomic mass is 10.3. The van der Waals surface area contributed by atoms with Crippen LogP contribution in [0.4, 0.5) is 30.7 Å². The minimum atomic E-state index is -5.20. The lowest BCUT2D eigenvalue weighted by Crippen LogP contribution is -2.18. The molecule has 0 unspecified atom stereocenters. The summed E-state index contributed by atoms with van der Waals surface area (Å²) in [7, 11) is 0. The van der Waals surface area contributed by atoms with Crippen LogP contribution in [-0.4, -0.2) is 12.1 Å². The summed E-state index contributed by atoms with van der Waals surface area (Å²) in [6.45, 7) is 0. The van der Waals surface area contributed by atoms with Crippen LogP contribution in [0.1, 0.15) is 0 Å². The molecule has 0 aromatic heterocycles. The quantitative estimate of drug-likeness (QED) is 0.443. The molecule has 0 aromatic carbocycles. The molecule has 0 saturated carbocycles. The monoisotopic (exact) mass is 193 g/mol. The van der Waals surface area contributed by atoms with Gasteiger partial charge in [0.15, 0.2) is 0 Å². The lowest BCUT2D eigenvalue weighted by molar-refractivity contribution is -0.0714. The molecule has 69 valence electrons. The fourth-order valence-electron chi connectivity index (χ4n) is 0.197. The van der Waals surface area contributed by atoms with Crippen molar-refractivity contribution in [3.8, 4) is 11.8 Å². The normalized spacial score (nSPS) is 12.7. The van der Waals surface area contributed by atoms with E-state index in [1.165, 1.54) is 0 Å². The van der Waals surface area contributed by atoms with Crippen LogP contribution < -0.4 is 0 Å². The van der Waals surface area contributed by atoms with Gasteiger partial charge in [-0.1, -0.05) is 0 Å². The largest absolute Gasteiger partial charge is 0.457 e.